The van der Waals surface area contributed by atoms with Gasteiger partial charge in [0.15, 0.2) is 5.43 Å². The molecule has 1 aromatic carbocycles. The van der Waals surface area contributed by atoms with Crippen molar-refractivity contribution in [2.75, 3.05) is 0 Å². The molecular formula is C19H19ClN2O2. The smallest absolute Gasteiger partial charge is 0.183 e. The maximum absolute atomic E-state index is 12.3. The molecule has 0 saturated carbocycles. The minimum atomic E-state index is -0.0750. The average Bonchev–Trinajstić information content (AvgIpc) is 2.82. The Kier molecular flexibility index (Phi) is 4.58. The Morgan fingerprint density at radius 2 is 2.04 bits per heavy atom. The Labute approximate surface area is 145 Å². The third-order valence-electron chi connectivity index (χ3n) is 3.84. The van der Waals surface area contributed by atoms with E-state index >= 15 is 0 Å². The van der Waals surface area contributed by atoms with Crippen molar-refractivity contribution >= 4 is 23.0 Å². The molecule has 0 aliphatic carbocycles. The van der Waals surface area contributed by atoms with Gasteiger partial charge in [-0.1, -0.05) is 37.6 Å². The Bertz CT molecular complexity index is 953. The molecule has 3 rings (SSSR count). The molecule has 0 spiro atoms. The van der Waals surface area contributed by atoms with Gasteiger partial charge in [-0.25, -0.2) is 0 Å². The first kappa shape index (κ1) is 16.5. The van der Waals surface area contributed by atoms with Gasteiger partial charge in [-0.05, 0) is 18.1 Å². The topological polar surface area (TPSA) is 54.3 Å². The van der Waals surface area contributed by atoms with E-state index in [0.29, 0.717) is 29.4 Å². The summed E-state index contributed by atoms with van der Waals surface area (Å²) < 4.78 is 1.89. The van der Waals surface area contributed by atoms with Crippen LogP contribution in [0.5, 0.6) is 0 Å². The number of pyridine rings is 1. The van der Waals surface area contributed by atoms with Crippen molar-refractivity contribution in [1.82, 2.24) is 9.38 Å². The normalized spacial score (nSPS) is 11.3. The summed E-state index contributed by atoms with van der Waals surface area (Å²) in [5.74, 6) is 0.486. The number of hydrogen-bond donors (Lipinski definition) is 1. The molecular weight excluding hydrogens is 324 g/mol. The minimum Gasteiger partial charge on any atom is -0.343 e. The highest BCUT2D eigenvalue weighted by atomic mass is 35.5. The number of H-pyrrole nitrogens is 1. The molecule has 0 unspecified atom stereocenters. The lowest BCUT2D eigenvalue weighted by Gasteiger charge is -2.07. The summed E-state index contributed by atoms with van der Waals surface area (Å²) in [6.07, 6.45) is 2.55. The van der Waals surface area contributed by atoms with E-state index in [9.17, 15) is 9.59 Å². The highest BCUT2D eigenvalue weighted by Gasteiger charge is 2.16. The summed E-state index contributed by atoms with van der Waals surface area (Å²) in [5, 5.41) is 0.627. The molecule has 2 aromatic heterocycles. The van der Waals surface area contributed by atoms with E-state index in [0.717, 1.165) is 17.0 Å². The molecule has 124 valence electrons. The number of rotatable bonds is 5. The highest BCUT2D eigenvalue weighted by molar-refractivity contribution is 6.30. The highest BCUT2D eigenvalue weighted by Crippen LogP contribution is 2.28. The van der Waals surface area contributed by atoms with E-state index in [2.05, 4.69) is 4.98 Å². The molecule has 0 aliphatic rings. The molecule has 0 aliphatic heterocycles. The lowest BCUT2D eigenvalue weighted by Crippen LogP contribution is -2.07. The minimum absolute atomic E-state index is 0.0750. The van der Waals surface area contributed by atoms with Crippen LogP contribution in [-0.2, 0) is 11.2 Å². The van der Waals surface area contributed by atoms with Crippen LogP contribution in [0.2, 0.25) is 5.02 Å². The summed E-state index contributed by atoms with van der Waals surface area (Å²) in [4.78, 5) is 27.2. The maximum atomic E-state index is 12.3. The number of aromatic amines is 1. The number of carbonyl (C=O) groups is 1. The van der Waals surface area contributed by atoms with E-state index in [1.165, 1.54) is 12.1 Å². The number of nitrogens with one attached hydrogen (secondary N) is 1. The zero-order valence-corrected chi connectivity index (χ0v) is 14.4. The van der Waals surface area contributed by atoms with Gasteiger partial charge in [-0.15, -0.1) is 0 Å². The molecule has 0 amide bonds. The lowest BCUT2D eigenvalue weighted by atomic mass is 10.0. The van der Waals surface area contributed by atoms with Gasteiger partial charge in [0.05, 0.1) is 5.69 Å². The second-order valence-corrected chi connectivity index (χ2v) is 6.83. The van der Waals surface area contributed by atoms with Gasteiger partial charge in [0.1, 0.15) is 11.4 Å². The van der Waals surface area contributed by atoms with Crippen molar-refractivity contribution in [1.29, 1.82) is 0 Å². The molecule has 0 bridgehead atoms. The Hall–Kier alpha value is -2.33. The van der Waals surface area contributed by atoms with Crippen LogP contribution < -0.4 is 5.43 Å². The molecule has 3 aromatic rings. The van der Waals surface area contributed by atoms with Gasteiger partial charge in [0, 0.05) is 47.5 Å². The van der Waals surface area contributed by atoms with E-state index in [4.69, 9.17) is 11.6 Å². The molecule has 0 radical (unpaired) electrons. The van der Waals surface area contributed by atoms with Gasteiger partial charge < -0.3 is 9.38 Å². The summed E-state index contributed by atoms with van der Waals surface area (Å²) in [7, 11) is 0. The molecule has 24 heavy (non-hydrogen) atoms. The summed E-state index contributed by atoms with van der Waals surface area (Å²) >= 11 is 6.13. The first-order valence-electron chi connectivity index (χ1n) is 7.95. The lowest BCUT2D eigenvalue weighted by molar-refractivity contribution is -0.119. The predicted molar refractivity (Wildman–Crippen MR) is 96.6 cm³/mol. The van der Waals surface area contributed by atoms with Crippen LogP contribution in [0.15, 0.2) is 47.4 Å². The van der Waals surface area contributed by atoms with Gasteiger partial charge in [0.2, 0.25) is 0 Å². The number of nitrogens with zero attached hydrogens (tertiary/aromatic N) is 1. The monoisotopic (exact) mass is 342 g/mol. The first-order valence-corrected chi connectivity index (χ1v) is 8.32. The number of benzene rings is 1. The van der Waals surface area contributed by atoms with E-state index < -0.39 is 0 Å². The Morgan fingerprint density at radius 1 is 1.25 bits per heavy atom. The molecule has 0 saturated heterocycles. The average molecular weight is 343 g/mol. The second-order valence-electron chi connectivity index (χ2n) is 6.39. The van der Waals surface area contributed by atoms with Gasteiger partial charge >= 0.3 is 0 Å². The van der Waals surface area contributed by atoms with Crippen molar-refractivity contribution in [3.8, 4) is 11.3 Å². The number of aromatic nitrogens is 2. The fourth-order valence-corrected chi connectivity index (χ4v) is 3.12. The third kappa shape index (κ3) is 3.44. The van der Waals surface area contributed by atoms with Crippen LogP contribution >= 0.6 is 11.6 Å². The second kappa shape index (κ2) is 6.65. The molecule has 2 heterocycles. The van der Waals surface area contributed by atoms with Crippen LogP contribution in [0.4, 0.5) is 0 Å². The fourth-order valence-electron chi connectivity index (χ4n) is 2.93. The van der Waals surface area contributed by atoms with Crippen LogP contribution in [0.25, 0.3) is 16.9 Å². The first-order chi connectivity index (χ1) is 11.4. The van der Waals surface area contributed by atoms with Crippen molar-refractivity contribution in [3.63, 3.8) is 0 Å². The number of Topliss-reactive ketones (excluding diaryl/α,β-unsaturated/α-hetero) is 1. The predicted octanol–water partition coefficient (Wildman–Crippen LogP) is 4.11. The fraction of sp³-hybridized carbons (Fsp3) is 0.263. The van der Waals surface area contributed by atoms with Crippen LogP contribution in [-0.4, -0.2) is 15.2 Å². The van der Waals surface area contributed by atoms with Crippen molar-refractivity contribution in [2.24, 2.45) is 5.92 Å². The molecule has 0 atom stereocenters. The van der Waals surface area contributed by atoms with Crippen molar-refractivity contribution in [2.45, 2.75) is 26.7 Å². The largest absolute Gasteiger partial charge is 0.343 e. The maximum Gasteiger partial charge on any atom is 0.183 e. The van der Waals surface area contributed by atoms with Crippen LogP contribution in [0, 0.1) is 5.92 Å². The van der Waals surface area contributed by atoms with Gasteiger partial charge in [-0.3, -0.25) is 9.59 Å². The van der Waals surface area contributed by atoms with E-state index in [1.54, 1.807) is 6.20 Å². The Balaban J connectivity index is 2.15. The number of carbonyl (C=O) groups excluding carboxylic acids is 1. The number of halogens is 1. The van der Waals surface area contributed by atoms with Crippen LogP contribution in [0.1, 0.15) is 26.0 Å². The Morgan fingerprint density at radius 3 is 2.75 bits per heavy atom. The molecule has 5 heteroatoms. The number of imidazole rings is 1. The zero-order chi connectivity index (χ0) is 17.3. The summed E-state index contributed by atoms with van der Waals surface area (Å²) in [6.45, 7) is 4.05. The van der Waals surface area contributed by atoms with Gasteiger partial charge in [0.25, 0.3) is 0 Å². The van der Waals surface area contributed by atoms with Gasteiger partial charge in [-0.2, -0.15) is 0 Å². The molecule has 1 N–H and O–H groups in total. The third-order valence-corrected chi connectivity index (χ3v) is 4.08. The quantitative estimate of drug-likeness (QED) is 0.758. The van der Waals surface area contributed by atoms with E-state index in [-0.39, 0.29) is 11.2 Å². The van der Waals surface area contributed by atoms with Crippen molar-refractivity contribution < 1.29 is 4.79 Å². The SMILES string of the molecule is CC(C)CC(=O)Cc1[nH]c2cc(=O)ccn2c1-c1cccc(Cl)c1. The summed E-state index contributed by atoms with van der Waals surface area (Å²) in [6, 6.07) is 10.5. The van der Waals surface area contributed by atoms with E-state index in [1.807, 2.05) is 42.5 Å². The number of fused-ring (bicyclic) bond motifs is 1. The molecule has 4 nitrogen and oxygen atoms in total. The zero-order valence-electron chi connectivity index (χ0n) is 13.7. The standard InChI is InChI=1S/C19H19ClN2O2/c1-12(2)8-16(24)10-17-19(13-4-3-5-14(20)9-13)22-7-6-15(23)11-18(22)21-17/h3-7,9,11-12,21H,8,10H2,1-2H3. The van der Waals surface area contributed by atoms with Crippen LogP contribution in [0.3, 0.4) is 0 Å². The number of hydrogen-bond acceptors (Lipinski definition) is 2. The molecule has 0 fully saturated rings. The summed E-state index contributed by atoms with van der Waals surface area (Å²) in [5.41, 5.74) is 3.17. The van der Waals surface area contributed by atoms with Crippen molar-refractivity contribution in [3.05, 3.63) is 63.5 Å². The number of ketones is 1.